The summed E-state index contributed by atoms with van der Waals surface area (Å²) in [7, 11) is 0. The molecule has 3 N–H and O–H groups in total. The molecule has 1 aliphatic rings. The summed E-state index contributed by atoms with van der Waals surface area (Å²) in [5, 5.41) is 13.9. The third kappa shape index (κ3) is 4.34. The molecule has 2 heterocycles. The largest absolute Gasteiger partial charge is 0.365 e. The van der Waals surface area contributed by atoms with Gasteiger partial charge in [-0.15, -0.1) is 0 Å². The van der Waals surface area contributed by atoms with Crippen molar-refractivity contribution >= 4 is 17.4 Å². The number of aromatic nitrogens is 1. The van der Waals surface area contributed by atoms with Gasteiger partial charge in [0.25, 0.3) is 5.69 Å². The number of carbonyl (C=O) groups excluding carboxylic acids is 1. The second kappa shape index (κ2) is 7.92. The summed E-state index contributed by atoms with van der Waals surface area (Å²) in [6.45, 7) is 1.17. The van der Waals surface area contributed by atoms with E-state index in [1.165, 1.54) is 12.3 Å². The summed E-state index contributed by atoms with van der Waals surface area (Å²) in [6.07, 6.45) is 2.51. The molecule has 2 atom stereocenters. The van der Waals surface area contributed by atoms with Crippen molar-refractivity contribution in [3.63, 3.8) is 0 Å². The summed E-state index contributed by atoms with van der Waals surface area (Å²) >= 11 is 0. The number of anilines is 1. The molecule has 8 nitrogen and oxygen atoms in total. The van der Waals surface area contributed by atoms with Crippen LogP contribution in [0.1, 0.15) is 12.0 Å². The van der Waals surface area contributed by atoms with Crippen LogP contribution in [-0.2, 0) is 11.2 Å². The quantitative estimate of drug-likeness (QED) is 0.600. The molecule has 2 unspecified atom stereocenters. The van der Waals surface area contributed by atoms with E-state index in [0.29, 0.717) is 25.3 Å². The van der Waals surface area contributed by atoms with E-state index in [4.69, 9.17) is 5.73 Å². The highest BCUT2D eigenvalue weighted by atomic mass is 16.6. The summed E-state index contributed by atoms with van der Waals surface area (Å²) in [5.41, 5.74) is 7.07. The van der Waals surface area contributed by atoms with Gasteiger partial charge in [0.2, 0.25) is 5.91 Å². The Hall–Kier alpha value is -3.00. The van der Waals surface area contributed by atoms with Gasteiger partial charge in [-0.05, 0) is 24.5 Å². The number of likely N-dealkylation sites (tertiary alicyclic amines) is 1. The lowest BCUT2D eigenvalue weighted by atomic mass is 10.1. The van der Waals surface area contributed by atoms with Crippen LogP contribution in [0.3, 0.4) is 0 Å². The van der Waals surface area contributed by atoms with E-state index >= 15 is 0 Å². The molecule has 1 saturated heterocycles. The van der Waals surface area contributed by atoms with Crippen molar-refractivity contribution in [2.24, 2.45) is 5.73 Å². The number of amides is 1. The molecule has 1 aliphatic heterocycles. The molecule has 0 saturated carbocycles. The lowest BCUT2D eigenvalue weighted by Crippen LogP contribution is -2.44. The van der Waals surface area contributed by atoms with Gasteiger partial charge in [0.1, 0.15) is 12.0 Å². The molecule has 0 radical (unpaired) electrons. The first-order valence-corrected chi connectivity index (χ1v) is 8.48. The molecule has 1 fully saturated rings. The SMILES string of the molecule is NC(Cc1ccccc1)C(=O)N1CCC(Nc2ccc([N+](=O)[O-])cn2)C1. The smallest absolute Gasteiger partial charge is 0.287 e. The van der Waals surface area contributed by atoms with Crippen molar-refractivity contribution in [3.05, 3.63) is 64.3 Å². The van der Waals surface area contributed by atoms with Crippen molar-refractivity contribution in [1.82, 2.24) is 9.88 Å². The van der Waals surface area contributed by atoms with Crippen LogP contribution >= 0.6 is 0 Å². The third-order valence-corrected chi connectivity index (χ3v) is 4.43. The highest BCUT2D eigenvalue weighted by molar-refractivity contribution is 5.82. The monoisotopic (exact) mass is 355 g/mol. The van der Waals surface area contributed by atoms with Crippen molar-refractivity contribution in [2.75, 3.05) is 18.4 Å². The number of hydrogen-bond acceptors (Lipinski definition) is 6. The maximum absolute atomic E-state index is 12.5. The van der Waals surface area contributed by atoms with Crippen LogP contribution in [0, 0.1) is 10.1 Å². The Balaban J connectivity index is 1.52. The summed E-state index contributed by atoms with van der Waals surface area (Å²) in [4.78, 5) is 28.5. The molecule has 8 heteroatoms. The minimum atomic E-state index is -0.561. The predicted octanol–water partition coefficient (Wildman–Crippen LogP) is 1.57. The molecule has 3 rings (SSSR count). The molecule has 1 aromatic carbocycles. The van der Waals surface area contributed by atoms with Crippen LogP contribution < -0.4 is 11.1 Å². The van der Waals surface area contributed by atoms with Crippen molar-refractivity contribution < 1.29 is 9.72 Å². The van der Waals surface area contributed by atoms with Gasteiger partial charge >= 0.3 is 0 Å². The standard InChI is InChI=1S/C18H21N5O3/c19-16(10-13-4-2-1-3-5-13)18(24)22-9-8-14(12-22)21-17-7-6-15(11-20-17)23(25)26/h1-7,11,14,16H,8-10,12,19H2,(H,20,21). The maximum atomic E-state index is 12.5. The summed E-state index contributed by atoms with van der Waals surface area (Å²) in [5.74, 6) is 0.498. The van der Waals surface area contributed by atoms with Crippen LogP contribution in [0.2, 0.25) is 0 Å². The molecule has 136 valence electrons. The van der Waals surface area contributed by atoms with Gasteiger partial charge in [0, 0.05) is 25.2 Å². The third-order valence-electron chi connectivity index (χ3n) is 4.43. The highest BCUT2D eigenvalue weighted by Crippen LogP contribution is 2.18. The molecule has 0 spiro atoms. The van der Waals surface area contributed by atoms with E-state index in [-0.39, 0.29) is 17.6 Å². The number of hydrogen-bond donors (Lipinski definition) is 2. The van der Waals surface area contributed by atoms with E-state index in [1.54, 1.807) is 11.0 Å². The molecule has 1 amide bonds. The van der Waals surface area contributed by atoms with Crippen molar-refractivity contribution in [1.29, 1.82) is 0 Å². The fraction of sp³-hybridized carbons (Fsp3) is 0.333. The summed E-state index contributed by atoms with van der Waals surface area (Å²) in [6, 6.07) is 12.2. The van der Waals surface area contributed by atoms with Crippen LogP contribution in [0.5, 0.6) is 0 Å². The van der Waals surface area contributed by atoms with E-state index in [0.717, 1.165) is 12.0 Å². The number of nitrogens with two attached hydrogens (primary N) is 1. The molecular weight excluding hydrogens is 334 g/mol. The first-order chi connectivity index (χ1) is 12.5. The number of nitrogens with one attached hydrogen (secondary N) is 1. The average molecular weight is 355 g/mol. The van der Waals surface area contributed by atoms with Crippen LogP contribution in [-0.4, -0.2) is 45.9 Å². The van der Waals surface area contributed by atoms with Crippen LogP contribution in [0.4, 0.5) is 11.5 Å². The van der Waals surface area contributed by atoms with Gasteiger partial charge in [0.05, 0.1) is 11.0 Å². The van der Waals surface area contributed by atoms with Gasteiger partial charge in [-0.2, -0.15) is 0 Å². The molecular formula is C18H21N5O3. The summed E-state index contributed by atoms with van der Waals surface area (Å²) < 4.78 is 0. The zero-order valence-corrected chi connectivity index (χ0v) is 14.2. The Kier molecular flexibility index (Phi) is 5.43. The molecule has 26 heavy (non-hydrogen) atoms. The molecule has 2 aromatic rings. The number of nitro groups is 1. The zero-order valence-electron chi connectivity index (χ0n) is 14.2. The molecule has 0 aliphatic carbocycles. The van der Waals surface area contributed by atoms with E-state index in [2.05, 4.69) is 10.3 Å². The minimum absolute atomic E-state index is 0.0503. The Morgan fingerprint density at radius 3 is 2.77 bits per heavy atom. The fourth-order valence-electron chi connectivity index (χ4n) is 3.06. The Labute approximate surface area is 151 Å². The van der Waals surface area contributed by atoms with Crippen molar-refractivity contribution in [2.45, 2.75) is 24.9 Å². The first kappa shape index (κ1) is 17.8. The minimum Gasteiger partial charge on any atom is -0.365 e. The van der Waals surface area contributed by atoms with Gasteiger partial charge in [-0.25, -0.2) is 4.98 Å². The Morgan fingerprint density at radius 1 is 1.35 bits per heavy atom. The van der Waals surface area contributed by atoms with Crippen LogP contribution in [0.25, 0.3) is 0 Å². The first-order valence-electron chi connectivity index (χ1n) is 8.48. The molecule has 1 aromatic heterocycles. The number of nitrogens with zero attached hydrogens (tertiary/aromatic N) is 3. The fourth-order valence-corrected chi connectivity index (χ4v) is 3.06. The van der Waals surface area contributed by atoms with E-state index in [1.807, 2.05) is 30.3 Å². The van der Waals surface area contributed by atoms with E-state index in [9.17, 15) is 14.9 Å². The van der Waals surface area contributed by atoms with E-state index < -0.39 is 11.0 Å². The number of benzene rings is 1. The van der Waals surface area contributed by atoms with Gasteiger partial charge in [-0.3, -0.25) is 14.9 Å². The Morgan fingerprint density at radius 2 is 2.12 bits per heavy atom. The maximum Gasteiger partial charge on any atom is 0.287 e. The highest BCUT2D eigenvalue weighted by Gasteiger charge is 2.29. The van der Waals surface area contributed by atoms with Gasteiger partial charge < -0.3 is 16.0 Å². The van der Waals surface area contributed by atoms with Crippen LogP contribution in [0.15, 0.2) is 48.7 Å². The normalized spacial score (nSPS) is 17.7. The number of carbonyl (C=O) groups is 1. The lowest BCUT2D eigenvalue weighted by molar-refractivity contribution is -0.385. The molecule has 0 bridgehead atoms. The van der Waals surface area contributed by atoms with Gasteiger partial charge in [-0.1, -0.05) is 30.3 Å². The second-order valence-corrected chi connectivity index (χ2v) is 6.37. The van der Waals surface area contributed by atoms with Gasteiger partial charge in [0.15, 0.2) is 0 Å². The number of pyridine rings is 1. The predicted molar refractivity (Wildman–Crippen MR) is 97.6 cm³/mol. The van der Waals surface area contributed by atoms with Crippen molar-refractivity contribution in [3.8, 4) is 0 Å². The second-order valence-electron chi connectivity index (χ2n) is 6.37. The average Bonchev–Trinajstić information content (AvgIpc) is 3.10. The topological polar surface area (TPSA) is 114 Å². The Bertz CT molecular complexity index is 766. The number of rotatable bonds is 6. The lowest BCUT2D eigenvalue weighted by Gasteiger charge is -2.21. The zero-order chi connectivity index (χ0) is 18.5.